The van der Waals surface area contributed by atoms with Gasteiger partial charge >= 0.3 is 0 Å². The molecule has 21 heavy (non-hydrogen) atoms. The topological polar surface area (TPSA) is 21.3 Å². The number of benzene rings is 2. The highest BCUT2D eigenvalue weighted by Gasteiger charge is 2.33. The minimum Gasteiger partial charge on any atom is -0.497 e. The Balaban J connectivity index is 1.88. The van der Waals surface area contributed by atoms with Gasteiger partial charge in [0.05, 0.1) is 13.2 Å². The van der Waals surface area contributed by atoms with E-state index in [0.29, 0.717) is 5.92 Å². The van der Waals surface area contributed by atoms with E-state index in [1.165, 1.54) is 18.2 Å². The molecule has 0 amide bonds. The van der Waals surface area contributed by atoms with Crippen LogP contribution in [0.1, 0.15) is 24.4 Å². The summed E-state index contributed by atoms with van der Waals surface area (Å²) in [4.78, 5) is 0. The van der Waals surface area contributed by atoms with Crippen LogP contribution in [0.3, 0.4) is 0 Å². The molecule has 1 atom stereocenters. The maximum atomic E-state index is 13.8. The zero-order valence-electron chi connectivity index (χ0n) is 11.8. The molecule has 3 rings (SSSR count). The zero-order valence-corrected chi connectivity index (χ0v) is 11.8. The second-order valence-corrected chi connectivity index (χ2v) is 5.33. The van der Waals surface area contributed by atoms with Crippen molar-refractivity contribution in [1.29, 1.82) is 0 Å². The van der Waals surface area contributed by atoms with Gasteiger partial charge in [-0.15, -0.1) is 0 Å². The van der Waals surface area contributed by atoms with Gasteiger partial charge in [-0.25, -0.2) is 8.78 Å². The molecule has 0 saturated heterocycles. The van der Waals surface area contributed by atoms with Crippen LogP contribution in [0.15, 0.2) is 42.5 Å². The lowest BCUT2D eigenvalue weighted by atomic mass is 10.0. The second kappa shape index (κ2) is 5.72. The van der Waals surface area contributed by atoms with Crippen LogP contribution in [-0.4, -0.2) is 7.11 Å². The number of methoxy groups -OCH3 is 1. The third-order valence-corrected chi connectivity index (χ3v) is 3.83. The molecule has 2 aromatic carbocycles. The average molecular weight is 289 g/mol. The van der Waals surface area contributed by atoms with Crippen LogP contribution in [0.4, 0.5) is 14.5 Å². The van der Waals surface area contributed by atoms with Crippen molar-refractivity contribution >= 4 is 5.69 Å². The third kappa shape index (κ3) is 2.99. The van der Waals surface area contributed by atoms with Crippen LogP contribution in [0.25, 0.3) is 0 Å². The number of ether oxygens (including phenoxy) is 1. The molecular formula is C17H17F2NO. The van der Waals surface area contributed by atoms with E-state index in [1.54, 1.807) is 7.11 Å². The first-order chi connectivity index (χ1) is 10.2. The Morgan fingerprint density at radius 1 is 1.05 bits per heavy atom. The van der Waals surface area contributed by atoms with E-state index in [0.717, 1.165) is 24.2 Å². The lowest BCUT2D eigenvalue weighted by Crippen LogP contribution is -2.15. The molecule has 0 aromatic heterocycles. The second-order valence-electron chi connectivity index (χ2n) is 5.33. The number of hydrogen-bond donors (Lipinski definition) is 1. The van der Waals surface area contributed by atoms with Gasteiger partial charge in [-0.3, -0.25) is 0 Å². The van der Waals surface area contributed by atoms with Crippen LogP contribution in [0.5, 0.6) is 5.75 Å². The summed E-state index contributed by atoms with van der Waals surface area (Å²) in [6.07, 6.45) is 2.14. The quantitative estimate of drug-likeness (QED) is 0.872. The monoisotopic (exact) mass is 289 g/mol. The predicted octanol–water partition coefficient (Wildman–Crippen LogP) is 4.54. The fourth-order valence-electron chi connectivity index (χ4n) is 2.51. The van der Waals surface area contributed by atoms with E-state index in [1.807, 2.05) is 24.3 Å². The minimum absolute atomic E-state index is 0.0507. The van der Waals surface area contributed by atoms with Gasteiger partial charge in [0.25, 0.3) is 0 Å². The van der Waals surface area contributed by atoms with Crippen molar-refractivity contribution in [3.63, 3.8) is 0 Å². The Morgan fingerprint density at radius 2 is 1.67 bits per heavy atom. The van der Waals surface area contributed by atoms with Crippen LogP contribution in [0.2, 0.25) is 0 Å². The normalized spacial score (nSPS) is 15.6. The first kappa shape index (κ1) is 13.9. The van der Waals surface area contributed by atoms with Crippen molar-refractivity contribution in [3.05, 3.63) is 59.7 Å². The molecule has 110 valence electrons. The molecule has 0 radical (unpaired) electrons. The standard InChI is InChI=1S/C17H17F2NO/c1-21-13-9-7-12(8-10-13)16(11-5-6-11)20-17-14(18)3-2-4-15(17)19/h2-4,7-11,16,20H,5-6H2,1H3. The SMILES string of the molecule is COc1ccc(C(Nc2c(F)cccc2F)C2CC2)cc1. The summed E-state index contributed by atoms with van der Waals surface area (Å²) in [5.41, 5.74) is 0.964. The number of rotatable bonds is 5. The number of hydrogen-bond acceptors (Lipinski definition) is 2. The highest BCUT2D eigenvalue weighted by Crippen LogP contribution is 2.43. The van der Waals surface area contributed by atoms with Crippen molar-refractivity contribution < 1.29 is 13.5 Å². The van der Waals surface area contributed by atoms with Crippen molar-refractivity contribution in [3.8, 4) is 5.75 Å². The van der Waals surface area contributed by atoms with Gasteiger partial charge in [0.15, 0.2) is 0 Å². The van der Waals surface area contributed by atoms with Crippen molar-refractivity contribution in [1.82, 2.24) is 0 Å². The first-order valence-corrected chi connectivity index (χ1v) is 7.03. The molecule has 1 saturated carbocycles. The Morgan fingerprint density at radius 3 is 2.19 bits per heavy atom. The third-order valence-electron chi connectivity index (χ3n) is 3.83. The maximum absolute atomic E-state index is 13.8. The molecule has 2 aromatic rings. The van der Waals surface area contributed by atoms with Crippen LogP contribution < -0.4 is 10.1 Å². The summed E-state index contributed by atoms with van der Waals surface area (Å²) < 4.78 is 32.8. The molecule has 1 fully saturated rings. The van der Waals surface area contributed by atoms with E-state index in [2.05, 4.69) is 5.32 Å². The Hall–Kier alpha value is -2.10. The van der Waals surface area contributed by atoms with Gasteiger partial charge in [0.1, 0.15) is 23.1 Å². The average Bonchev–Trinajstić information content (AvgIpc) is 3.32. The lowest BCUT2D eigenvalue weighted by molar-refractivity contribution is 0.414. The molecular weight excluding hydrogens is 272 g/mol. The van der Waals surface area contributed by atoms with Crippen molar-refractivity contribution in [2.24, 2.45) is 5.92 Å². The Kier molecular flexibility index (Phi) is 3.78. The van der Waals surface area contributed by atoms with E-state index in [4.69, 9.17) is 4.74 Å². The largest absolute Gasteiger partial charge is 0.497 e. The summed E-state index contributed by atoms with van der Waals surface area (Å²) in [6, 6.07) is 11.4. The molecule has 0 bridgehead atoms. The van der Waals surface area contributed by atoms with Gasteiger partial charge in [0.2, 0.25) is 0 Å². The van der Waals surface area contributed by atoms with Gasteiger partial charge < -0.3 is 10.1 Å². The number of para-hydroxylation sites is 1. The predicted molar refractivity (Wildman–Crippen MR) is 78.4 cm³/mol. The molecule has 2 nitrogen and oxygen atoms in total. The van der Waals surface area contributed by atoms with E-state index >= 15 is 0 Å². The van der Waals surface area contributed by atoms with Crippen LogP contribution in [-0.2, 0) is 0 Å². The molecule has 0 heterocycles. The van der Waals surface area contributed by atoms with Crippen LogP contribution >= 0.6 is 0 Å². The fraction of sp³-hybridized carbons (Fsp3) is 0.294. The fourth-order valence-corrected chi connectivity index (χ4v) is 2.51. The number of anilines is 1. The highest BCUT2D eigenvalue weighted by atomic mass is 19.1. The molecule has 1 unspecified atom stereocenters. The van der Waals surface area contributed by atoms with Crippen LogP contribution in [0, 0.1) is 17.6 Å². The number of halogens is 2. The Bertz CT molecular complexity index is 603. The number of nitrogens with one attached hydrogen (secondary N) is 1. The van der Waals surface area contributed by atoms with Gasteiger partial charge in [-0.1, -0.05) is 18.2 Å². The molecule has 1 aliphatic rings. The smallest absolute Gasteiger partial charge is 0.149 e. The lowest BCUT2D eigenvalue weighted by Gasteiger charge is -2.21. The molecule has 0 spiro atoms. The molecule has 4 heteroatoms. The van der Waals surface area contributed by atoms with Crippen molar-refractivity contribution in [2.45, 2.75) is 18.9 Å². The summed E-state index contributed by atoms with van der Waals surface area (Å²) in [6.45, 7) is 0. The van der Waals surface area contributed by atoms with E-state index in [9.17, 15) is 8.78 Å². The van der Waals surface area contributed by atoms with Crippen molar-refractivity contribution in [2.75, 3.05) is 12.4 Å². The maximum Gasteiger partial charge on any atom is 0.149 e. The van der Waals surface area contributed by atoms with Gasteiger partial charge in [-0.05, 0) is 48.6 Å². The van der Waals surface area contributed by atoms with Gasteiger partial charge in [0, 0.05) is 0 Å². The van der Waals surface area contributed by atoms with E-state index < -0.39 is 11.6 Å². The summed E-state index contributed by atoms with van der Waals surface area (Å²) in [5.74, 6) is 0.0612. The first-order valence-electron chi connectivity index (χ1n) is 7.03. The molecule has 1 N–H and O–H groups in total. The summed E-state index contributed by atoms with van der Waals surface area (Å²) in [5, 5.41) is 3.04. The summed E-state index contributed by atoms with van der Waals surface area (Å²) >= 11 is 0. The summed E-state index contributed by atoms with van der Waals surface area (Å²) in [7, 11) is 1.61. The van der Waals surface area contributed by atoms with Gasteiger partial charge in [-0.2, -0.15) is 0 Å². The van der Waals surface area contributed by atoms with E-state index in [-0.39, 0.29) is 11.7 Å². The minimum atomic E-state index is -0.561. The highest BCUT2D eigenvalue weighted by molar-refractivity contribution is 5.49. The molecule has 1 aliphatic carbocycles. The Labute approximate surface area is 122 Å². The zero-order chi connectivity index (χ0) is 14.8. The molecule has 0 aliphatic heterocycles.